The summed E-state index contributed by atoms with van der Waals surface area (Å²) >= 11 is 1.71. The number of nitrogens with zero attached hydrogens (tertiary/aromatic N) is 1. The number of rotatable bonds is 4. The molecule has 1 atom stereocenters. The zero-order valence-electron chi connectivity index (χ0n) is 9.08. The van der Waals surface area contributed by atoms with Gasteiger partial charge in [0.2, 0.25) is 11.8 Å². The molecule has 6 heteroatoms. The van der Waals surface area contributed by atoms with Crippen molar-refractivity contribution >= 4 is 23.6 Å². The molecule has 5 nitrogen and oxygen atoms in total. The van der Waals surface area contributed by atoms with Crippen LogP contribution in [0.25, 0.3) is 0 Å². The van der Waals surface area contributed by atoms with E-state index < -0.39 is 0 Å². The Hall–Kier alpha value is -0.750. The molecule has 2 N–H and O–H groups in total. The van der Waals surface area contributed by atoms with Crippen LogP contribution in [0.15, 0.2) is 0 Å². The maximum absolute atomic E-state index is 11.8. The molecule has 1 unspecified atom stereocenters. The van der Waals surface area contributed by atoms with Gasteiger partial charge in [-0.3, -0.25) is 14.9 Å². The van der Waals surface area contributed by atoms with Crippen molar-refractivity contribution in [1.29, 1.82) is 0 Å². The maximum atomic E-state index is 11.8. The minimum atomic E-state index is -0.269. The molecule has 0 spiro atoms. The molecule has 15 heavy (non-hydrogen) atoms. The molecule has 0 aliphatic carbocycles. The first-order valence-electron chi connectivity index (χ1n) is 4.89. The van der Waals surface area contributed by atoms with Gasteiger partial charge < -0.3 is 10.2 Å². The Bertz CT molecular complexity index is 238. The van der Waals surface area contributed by atoms with Gasteiger partial charge in [0.25, 0.3) is 0 Å². The highest BCUT2D eigenvalue weighted by molar-refractivity contribution is 7.98. The lowest BCUT2D eigenvalue weighted by Gasteiger charge is -2.27. The SMILES string of the molecule is CSCCN(C)C(=O)C1CNC(=O)CN1. The van der Waals surface area contributed by atoms with Gasteiger partial charge in [-0.05, 0) is 6.26 Å². The van der Waals surface area contributed by atoms with Crippen LogP contribution in [-0.4, -0.2) is 61.4 Å². The molecule has 1 aliphatic rings. The van der Waals surface area contributed by atoms with Crippen molar-refractivity contribution in [1.82, 2.24) is 15.5 Å². The molecule has 2 amide bonds. The fraction of sp³-hybridized carbons (Fsp3) is 0.778. The van der Waals surface area contributed by atoms with E-state index in [1.54, 1.807) is 23.7 Å². The smallest absolute Gasteiger partial charge is 0.241 e. The largest absolute Gasteiger partial charge is 0.353 e. The van der Waals surface area contributed by atoms with Crippen LogP contribution >= 0.6 is 11.8 Å². The topological polar surface area (TPSA) is 61.4 Å². The van der Waals surface area contributed by atoms with Crippen LogP contribution in [0.2, 0.25) is 0 Å². The van der Waals surface area contributed by atoms with Crippen molar-refractivity contribution in [3.63, 3.8) is 0 Å². The van der Waals surface area contributed by atoms with E-state index in [0.717, 1.165) is 12.3 Å². The lowest BCUT2D eigenvalue weighted by molar-refractivity contribution is -0.133. The summed E-state index contributed by atoms with van der Waals surface area (Å²) in [5.74, 6) is 0.927. The second-order valence-corrected chi connectivity index (χ2v) is 4.48. The van der Waals surface area contributed by atoms with Crippen molar-refractivity contribution < 1.29 is 9.59 Å². The minimum Gasteiger partial charge on any atom is -0.353 e. The van der Waals surface area contributed by atoms with E-state index in [9.17, 15) is 9.59 Å². The molecule has 0 aromatic heterocycles. The first-order chi connectivity index (χ1) is 7.15. The van der Waals surface area contributed by atoms with Crippen LogP contribution in [0.1, 0.15) is 0 Å². The summed E-state index contributed by atoms with van der Waals surface area (Å²) in [6.07, 6.45) is 2.01. The third-order valence-electron chi connectivity index (χ3n) is 2.32. The first-order valence-corrected chi connectivity index (χ1v) is 6.28. The Morgan fingerprint density at radius 2 is 2.40 bits per heavy atom. The third kappa shape index (κ3) is 3.71. The number of carbonyl (C=O) groups is 2. The number of piperazine rings is 1. The monoisotopic (exact) mass is 231 g/mol. The third-order valence-corrected chi connectivity index (χ3v) is 2.91. The normalized spacial score (nSPS) is 20.9. The molecular weight excluding hydrogens is 214 g/mol. The van der Waals surface area contributed by atoms with Gasteiger partial charge in [-0.2, -0.15) is 11.8 Å². The van der Waals surface area contributed by atoms with Crippen LogP contribution in [0.3, 0.4) is 0 Å². The van der Waals surface area contributed by atoms with Crippen LogP contribution in [-0.2, 0) is 9.59 Å². The number of amides is 2. The molecule has 0 bridgehead atoms. The molecule has 1 rings (SSSR count). The molecule has 0 aromatic rings. The first kappa shape index (κ1) is 12.3. The minimum absolute atomic E-state index is 0.0454. The lowest BCUT2D eigenvalue weighted by atomic mass is 10.2. The fourth-order valence-electron chi connectivity index (χ4n) is 1.35. The number of hydrogen-bond acceptors (Lipinski definition) is 4. The molecule has 1 aliphatic heterocycles. The Kier molecular flexibility index (Phi) is 4.90. The quantitative estimate of drug-likeness (QED) is 0.644. The number of nitrogens with one attached hydrogen (secondary N) is 2. The molecule has 0 saturated carbocycles. The maximum Gasteiger partial charge on any atom is 0.241 e. The second kappa shape index (κ2) is 5.97. The molecule has 1 fully saturated rings. The van der Waals surface area contributed by atoms with Crippen LogP contribution < -0.4 is 10.6 Å². The molecule has 0 aromatic carbocycles. The van der Waals surface area contributed by atoms with Gasteiger partial charge in [0, 0.05) is 25.9 Å². The van der Waals surface area contributed by atoms with Gasteiger partial charge in [0.1, 0.15) is 6.04 Å². The number of thioether (sulfide) groups is 1. The second-order valence-electron chi connectivity index (χ2n) is 3.49. The summed E-state index contributed by atoms with van der Waals surface area (Å²) in [6, 6.07) is -0.269. The standard InChI is InChI=1S/C9H17N3O2S/c1-12(3-4-15-2)9(14)7-5-11-8(13)6-10-7/h7,10H,3-6H2,1-2H3,(H,11,13). The lowest BCUT2D eigenvalue weighted by Crippen LogP contribution is -2.58. The predicted molar refractivity (Wildman–Crippen MR) is 60.8 cm³/mol. The molecule has 0 radical (unpaired) electrons. The summed E-state index contributed by atoms with van der Waals surface area (Å²) < 4.78 is 0. The van der Waals surface area contributed by atoms with Crippen LogP contribution in [0.4, 0.5) is 0 Å². The Balaban J connectivity index is 2.35. The van der Waals surface area contributed by atoms with Crippen LogP contribution in [0.5, 0.6) is 0 Å². The van der Waals surface area contributed by atoms with E-state index in [1.807, 2.05) is 6.26 Å². The zero-order valence-corrected chi connectivity index (χ0v) is 9.89. The van der Waals surface area contributed by atoms with Crippen molar-refractivity contribution in [2.24, 2.45) is 0 Å². The van der Waals surface area contributed by atoms with Crippen molar-refractivity contribution in [3.8, 4) is 0 Å². The summed E-state index contributed by atoms with van der Waals surface area (Å²) in [4.78, 5) is 24.4. The van der Waals surface area contributed by atoms with Gasteiger partial charge in [0.15, 0.2) is 0 Å². The van der Waals surface area contributed by atoms with Gasteiger partial charge in [0.05, 0.1) is 6.54 Å². The molecule has 1 saturated heterocycles. The highest BCUT2D eigenvalue weighted by atomic mass is 32.2. The van der Waals surface area contributed by atoms with Crippen molar-refractivity contribution in [3.05, 3.63) is 0 Å². The average Bonchev–Trinajstić information content (AvgIpc) is 2.26. The Morgan fingerprint density at radius 1 is 1.67 bits per heavy atom. The summed E-state index contributed by atoms with van der Waals surface area (Å²) in [5.41, 5.74) is 0. The number of hydrogen-bond donors (Lipinski definition) is 2. The van der Waals surface area contributed by atoms with E-state index in [1.165, 1.54) is 0 Å². The van der Waals surface area contributed by atoms with E-state index >= 15 is 0 Å². The number of carbonyl (C=O) groups excluding carboxylic acids is 2. The van der Waals surface area contributed by atoms with Gasteiger partial charge in [-0.15, -0.1) is 0 Å². The van der Waals surface area contributed by atoms with E-state index in [0.29, 0.717) is 6.54 Å². The average molecular weight is 231 g/mol. The molecular formula is C9H17N3O2S. The highest BCUT2D eigenvalue weighted by Gasteiger charge is 2.25. The summed E-state index contributed by atoms with van der Waals surface area (Å²) in [5, 5.41) is 5.59. The Morgan fingerprint density at radius 3 is 2.93 bits per heavy atom. The van der Waals surface area contributed by atoms with Crippen LogP contribution in [0, 0.1) is 0 Å². The Labute approximate surface area is 94.0 Å². The van der Waals surface area contributed by atoms with E-state index in [2.05, 4.69) is 10.6 Å². The fourth-order valence-corrected chi connectivity index (χ4v) is 1.80. The van der Waals surface area contributed by atoms with Gasteiger partial charge >= 0.3 is 0 Å². The molecule has 86 valence electrons. The summed E-state index contributed by atoms with van der Waals surface area (Å²) in [6.45, 7) is 1.36. The van der Waals surface area contributed by atoms with Crippen molar-refractivity contribution in [2.75, 3.05) is 38.7 Å². The van der Waals surface area contributed by atoms with E-state index in [-0.39, 0.29) is 24.4 Å². The van der Waals surface area contributed by atoms with Gasteiger partial charge in [-0.25, -0.2) is 0 Å². The molecule has 1 heterocycles. The van der Waals surface area contributed by atoms with Crippen molar-refractivity contribution in [2.45, 2.75) is 6.04 Å². The predicted octanol–water partition coefficient (Wildman–Crippen LogP) is -1.10. The number of likely N-dealkylation sites (N-methyl/N-ethyl adjacent to an activating group) is 1. The van der Waals surface area contributed by atoms with Gasteiger partial charge in [-0.1, -0.05) is 0 Å². The summed E-state index contributed by atoms with van der Waals surface area (Å²) in [7, 11) is 1.79. The zero-order chi connectivity index (χ0) is 11.3. The highest BCUT2D eigenvalue weighted by Crippen LogP contribution is 1.98. The van der Waals surface area contributed by atoms with E-state index in [4.69, 9.17) is 0 Å².